The van der Waals surface area contributed by atoms with Gasteiger partial charge in [0, 0.05) is 12.6 Å². The summed E-state index contributed by atoms with van der Waals surface area (Å²) in [6, 6.07) is 0.799. The molecule has 0 amide bonds. The maximum atomic E-state index is 6.51. The van der Waals surface area contributed by atoms with Crippen LogP contribution < -0.4 is 5.32 Å². The number of ether oxygens (including phenoxy) is 1. The lowest BCUT2D eigenvalue weighted by molar-refractivity contribution is -0.111. The highest BCUT2D eigenvalue weighted by Crippen LogP contribution is 2.34. The van der Waals surface area contributed by atoms with Crippen molar-refractivity contribution >= 4 is 0 Å². The van der Waals surface area contributed by atoms with Gasteiger partial charge in [-0.15, -0.1) is 0 Å². The van der Waals surface area contributed by atoms with Crippen molar-refractivity contribution in [3.8, 4) is 0 Å². The molecule has 1 atom stereocenters. The summed E-state index contributed by atoms with van der Waals surface area (Å²) in [7, 11) is 0. The second-order valence-corrected chi connectivity index (χ2v) is 6.96. The molecule has 0 aromatic carbocycles. The molecule has 0 bridgehead atoms. The first kappa shape index (κ1) is 14.3. The van der Waals surface area contributed by atoms with E-state index in [1.807, 2.05) is 0 Å². The van der Waals surface area contributed by atoms with Crippen LogP contribution >= 0.6 is 0 Å². The maximum Gasteiger partial charge on any atom is 0.0810 e. The van der Waals surface area contributed by atoms with Gasteiger partial charge in [-0.05, 0) is 44.9 Å². The third-order valence-electron chi connectivity index (χ3n) is 4.31. The van der Waals surface area contributed by atoms with E-state index in [0.29, 0.717) is 6.10 Å². The van der Waals surface area contributed by atoms with Crippen molar-refractivity contribution < 1.29 is 4.74 Å². The van der Waals surface area contributed by atoms with E-state index in [9.17, 15) is 0 Å². The van der Waals surface area contributed by atoms with Gasteiger partial charge in [0.15, 0.2) is 0 Å². The lowest BCUT2D eigenvalue weighted by Gasteiger charge is -2.40. The Bertz CT molecular complexity index is 241. The van der Waals surface area contributed by atoms with Crippen LogP contribution in [0.5, 0.6) is 0 Å². The van der Waals surface area contributed by atoms with Crippen LogP contribution in [0.2, 0.25) is 0 Å². The van der Waals surface area contributed by atoms with Gasteiger partial charge in [0.2, 0.25) is 0 Å². The van der Waals surface area contributed by atoms with Crippen LogP contribution in [0.25, 0.3) is 0 Å². The van der Waals surface area contributed by atoms with Gasteiger partial charge in [-0.2, -0.15) is 0 Å². The molecule has 2 saturated carbocycles. The van der Waals surface area contributed by atoms with Crippen LogP contribution in [0, 0.1) is 5.92 Å². The average molecular weight is 253 g/mol. The summed E-state index contributed by atoms with van der Waals surface area (Å²) >= 11 is 0. The minimum atomic E-state index is 0.148. The smallest absolute Gasteiger partial charge is 0.0810 e. The van der Waals surface area contributed by atoms with E-state index < -0.39 is 0 Å². The fourth-order valence-electron chi connectivity index (χ4n) is 3.29. The van der Waals surface area contributed by atoms with E-state index in [0.717, 1.165) is 18.5 Å². The largest absolute Gasteiger partial charge is 0.371 e. The Hall–Kier alpha value is -0.0800. The summed E-state index contributed by atoms with van der Waals surface area (Å²) in [6.45, 7) is 7.92. The summed E-state index contributed by atoms with van der Waals surface area (Å²) in [5.74, 6) is 0.733. The Morgan fingerprint density at radius 3 is 2.33 bits per heavy atom. The molecule has 18 heavy (non-hydrogen) atoms. The Morgan fingerprint density at radius 2 is 1.78 bits per heavy atom. The molecular weight excluding hydrogens is 222 g/mol. The molecule has 1 unspecified atom stereocenters. The van der Waals surface area contributed by atoms with Crippen LogP contribution in [-0.4, -0.2) is 24.3 Å². The maximum absolute atomic E-state index is 6.51. The monoisotopic (exact) mass is 253 g/mol. The average Bonchev–Trinajstić information content (AvgIpc) is 3.10. The van der Waals surface area contributed by atoms with Gasteiger partial charge in [0.05, 0.1) is 11.7 Å². The van der Waals surface area contributed by atoms with E-state index in [-0.39, 0.29) is 5.60 Å². The standard InChI is InChI=1S/C16H31NO/c1-13(2)11-14(3)18-16(9-5-4-6-10-16)12-17-15-7-8-15/h13-15,17H,4-12H2,1-3H3. The van der Waals surface area contributed by atoms with Gasteiger partial charge >= 0.3 is 0 Å². The predicted octanol–water partition coefficient (Wildman–Crippen LogP) is 3.89. The molecule has 2 nitrogen and oxygen atoms in total. The molecule has 0 aliphatic heterocycles. The summed E-state index contributed by atoms with van der Waals surface area (Å²) in [5.41, 5.74) is 0.148. The number of hydrogen-bond donors (Lipinski definition) is 1. The molecule has 2 aliphatic rings. The fourth-order valence-corrected chi connectivity index (χ4v) is 3.29. The zero-order chi connectivity index (χ0) is 13.0. The second kappa shape index (κ2) is 6.38. The number of rotatable bonds is 7. The van der Waals surface area contributed by atoms with E-state index >= 15 is 0 Å². The van der Waals surface area contributed by atoms with E-state index in [1.165, 1.54) is 51.4 Å². The first-order valence-corrected chi connectivity index (χ1v) is 8.01. The van der Waals surface area contributed by atoms with Crippen molar-refractivity contribution in [3.63, 3.8) is 0 Å². The van der Waals surface area contributed by atoms with Crippen LogP contribution in [0.15, 0.2) is 0 Å². The topological polar surface area (TPSA) is 21.3 Å². The van der Waals surface area contributed by atoms with Crippen molar-refractivity contribution in [3.05, 3.63) is 0 Å². The highest BCUT2D eigenvalue weighted by molar-refractivity contribution is 4.91. The van der Waals surface area contributed by atoms with Crippen LogP contribution in [0.1, 0.15) is 72.1 Å². The van der Waals surface area contributed by atoms with Gasteiger partial charge in [-0.3, -0.25) is 0 Å². The van der Waals surface area contributed by atoms with E-state index in [2.05, 4.69) is 26.1 Å². The van der Waals surface area contributed by atoms with Crippen LogP contribution in [-0.2, 0) is 4.74 Å². The van der Waals surface area contributed by atoms with Crippen molar-refractivity contribution in [2.75, 3.05) is 6.54 Å². The molecule has 0 spiro atoms. The third kappa shape index (κ3) is 4.55. The molecule has 2 aliphatic carbocycles. The lowest BCUT2D eigenvalue weighted by atomic mass is 9.84. The highest BCUT2D eigenvalue weighted by Gasteiger charge is 2.36. The van der Waals surface area contributed by atoms with Gasteiger partial charge in [-0.1, -0.05) is 33.1 Å². The molecule has 106 valence electrons. The molecular formula is C16H31NO. The SMILES string of the molecule is CC(C)CC(C)OC1(CNC2CC2)CCCCC1. The molecule has 0 radical (unpaired) electrons. The quantitative estimate of drug-likeness (QED) is 0.743. The Balaban J connectivity index is 1.85. The second-order valence-electron chi connectivity index (χ2n) is 6.96. The van der Waals surface area contributed by atoms with Crippen molar-refractivity contribution in [1.29, 1.82) is 0 Å². The van der Waals surface area contributed by atoms with Crippen molar-refractivity contribution in [2.45, 2.75) is 89.9 Å². The van der Waals surface area contributed by atoms with Crippen LogP contribution in [0.4, 0.5) is 0 Å². The third-order valence-corrected chi connectivity index (χ3v) is 4.31. The fraction of sp³-hybridized carbons (Fsp3) is 1.00. The molecule has 0 heterocycles. The van der Waals surface area contributed by atoms with Gasteiger partial charge < -0.3 is 10.1 Å². The first-order valence-electron chi connectivity index (χ1n) is 8.01. The molecule has 0 saturated heterocycles. The Labute approximate surface area is 113 Å². The summed E-state index contributed by atoms with van der Waals surface area (Å²) < 4.78 is 6.51. The summed E-state index contributed by atoms with van der Waals surface area (Å²) in [5, 5.41) is 3.70. The normalized spacial score (nSPS) is 25.3. The van der Waals surface area contributed by atoms with E-state index in [4.69, 9.17) is 4.74 Å². The number of hydrogen-bond acceptors (Lipinski definition) is 2. The predicted molar refractivity (Wildman–Crippen MR) is 76.8 cm³/mol. The molecule has 1 N–H and O–H groups in total. The van der Waals surface area contributed by atoms with Crippen LogP contribution in [0.3, 0.4) is 0 Å². The Morgan fingerprint density at radius 1 is 1.11 bits per heavy atom. The van der Waals surface area contributed by atoms with Crippen molar-refractivity contribution in [2.24, 2.45) is 5.92 Å². The van der Waals surface area contributed by atoms with Gasteiger partial charge in [0.25, 0.3) is 0 Å². The van der Waals surface area contributed by atoms with Crippen molar-refractivity contribution in [1.82, 2.24) is 5.32 Å². The van der Waals surface area contributed by atoms with E-state index in [1.54, 1.807) is 0 Å². The first-order chi connectivity index (χ1) is 8.60. The molecule has 2 rings (SSSR count). The minimum Gasteiger partial charge on any atom is -0.371 e. The molecule has 0 aromatic heterocycles. The summed E-state index contributed by atoms with van der Waals surface area (Å²) in [4.78, 5) is 0. The molecule has 2 fully saturated rings. The molecule has 2 heteroatoms. The highest BCUT2D eigenvalue weighted by atomic mass is 16.5. The zero-order valence-electron chi connectivity index (χ0n) is 12.5. The minimum absolute atomic E-state index is 0.148. The molecule has 0 aromatic rings. The van der Waals surface area contributed by atoms with Gasteiger partial charge in [-0.25, -0.2) is 0 Å². The zero-order valence-corrected chi connectivity index (χ0v) is 12.5. The Kier molecular flexibility index (Phi) is 5.08. The summed E-state index contributed by atoms with van der Waals surface area (Å²) in [6.07, 6.45) is 10.9. The lowest BCUT2D eigenvalue weighted by Crippen LogP contribution is -2.47. The number of nitrogens with one attached hydrogen (secondary N) is 1. The van der Waals surface area contributed by atoms with Gasteiger partial charge in [0.1, 0.15) is 0 Å².